The quantitative estimate of drug-likeness (QED) is 0.505. The molecular formula is C13H16O9P2. The Bertz CT molecular complexity index is 728. The van der Waals surface area contributed by atoms with Crippen LogP contribution in [0.25, 0.3) is 0 Å². The molecule has 0 fully saturated rings. The van der Waals surface area contributed by atoms with Gasteiger partial charge in [-0.3, -0.25) is 0 Å². The van der Waals surface area contributed by atoms with Crippen molar-refractivity contribution in [3.05, 3.63) is 54.1 Å². The predicted molar refractivity (Wildman–Crippen MR) is 84.5 cm³/mol. The molecule has 2 aromatic carbocycles. The Morgan fingerprint density at radius 2 is 1.38 bits per heavy atom. The van der Waals surface area contributed by atoms with Gasteiger partial charge >= 0.3 is 15.6 Å². The number of aromatic hydroxyl groups is 1. The zero-order valence-electron chi connectivity index (χ0n) is 12.4. The van der Waals surface area contributed by atoms with E-state index in [0.29, 0.717) is 5.75 Å². The van der Waals surface area contributed by atoms with Gasteiger partial charge in [-0.05, 0) is 31.2 Å². The molecule has 0 saturated heterocycles. The van der Waals surface area contributed by atoms with Crippen molar-refractivity contribution in [2.24, 2.45) is 0 Å². The largest absolute Gasteiger partial charge is 0.508 e. The van der Waals surface area contributed by atoms with Crippen LogP contribution in [0.15, 0.2) is 48.5 Å². The number of phenolic OH excluding ortho intramolecular Hbond substituents is 1. The van der Waals surface area contributed by atoms with Gasteiger partial charge in [0.15, 0.2) is 0 Å². The molecule has 0 aliphatic rings. The second-order valence-corrected chi connectivity index (χ2v) is 7.09. The third-order valence-corrected chi connectivity index (χ3v) is 3.99. The molecule has 5 N–H and O–H groups in total. The Morgan fingerprint density at radius 1 is 0.833 bits per heavy atom. The molecule has 24 heavy (non-hydrogen) atoms. The number of aryl methyl sites for hydroxylation is 1. The van der Waals surface area contributed by atoms with Gasteiger partial charge in [0.1, 0.15) is 17.2 Å². The fraction of sp³-hybridized carbons (Fsp3) is 0.0769. The molecular weight excluding hydrogens is 362 g/mol. The Balaban J connectivity index is 0.000000277. The molecule has 0 amide bonds. The number of benzene rings is 2. The summed E-state index contributed by atoms with van der Waals surface area (Å²) in [5.74, 6) is 1.62. The van der Waals surface area contributed by atoms with Crippen LogP contribution in [-0.2, 0) is 13.4 Å². The van der Waals surface area contributed by atoms with E-state index in [9.17, 15) is 14.2 Å². The lowest BCUT2D eigenvalue weighted by molar-refractivity contribution is 0.225. The number of phosphoric acid groups is 2. The van der Waals surface area contributed by atoms with Gasteiger partial charge in [-0.15, -0.1) is 0 Å². The van der Waals surface area contributed by atoms with Crippen LogP contribution in [0.3, 0.4) is 0 Å². The molecule has 0 radical (unpaired) electrons. The molecule has 0 aromatic heterocycles. The average molecular weight is 378 g/mol. The second kappa shape index (κ2) is 8.41. The third kappa shape index (κ3) is 9.44. The molecule has 11 heteroatoms. The highest BCUT2D eigenvalue weighted by Crippen LogP contribution is 2.53. The number of hydrogen-bond acceptors (Lipinski definition) is 5. The van der Waals surface area contributed by atoms with E-state index in [0.717, 1.165) is 5.75 Å². The van der Waals surface area contributed by atoms with Crippen molar-refractivity contribution >= 4 is 15.6 Å². The molecule has 0 atom stereocenters. The monoisotopic (exact) mass is 378 g/mol. The summed E-state index contributed by atoms with van der Waals surface area (Å²) < 4.78 is 27.8. The van der Waals surface area contributed by atoms with E-state index in [1.807, 2.05) is 31.2 Å². The van der Waals surface area contributed by atoms with Crippen LogP contribution in [-0.4, -0.2) is 24.7 Å². The smallest absolute Gasteiger partial charge is 0.478 e. The highest BCUT2D eigenvalue weighted by Gasteiger charge is 2.27. The minimum atomic E-state index is -5.05. The molecule has 0 bridgehead atoms. The van der Waals surface area contributed by atoms with E-state index in [1.165, 1.54) is 5.56 Å². The van der Waals surface area contributed by atoms with Gasteiger partial charge in [0.25, 0.3) is 0 Å². The predicted octanol–water partition coefficient (Wildman–Crippen LogP) is 2.68. The normalized spacial score (nSPS) is 11.4. The molecule has 0 saturated carbocycles. The number of rotatable bonds is 4. The third-order valence-electron chi connectivity index (χ3n) is 2.29. The van der Waals surface area contributed by atoms with Crippen LogP contribution < -0.4 is 4.74 Å². The Hall–Kier alpha value is -1.70. The summed E-state index contributed by atoms with van der Waals surface area (Å²) in [5, 5.41) is 9.26. The second-order valence-electron chi connectivity index (χ2n) is 4.48. The highest BCUT2D eigenvalue weighted by atomic mass is 31.3. The van der Waals surface area contributed by atoms with Crippen LogP contribution in [0.5, 0.6) is 17.2 Å². The van der Waals surface area contributed by atoms with E-state index < -0.39 is 15.6 Å². The van der Waals surface area contributed by atoms with Crippen LogP contribution in [0.1, 0.15) is 5.56 Å². The van der Waals surface area contributed by atoms with E-state index in [-0.39, 0.29) is 5.75 Å². The fourth-order valence-corrected chi connectivity index (χ4v) is 2.54. The topological polar surface area (TPSA) is 154 Å². The molecule has 9 nitrogen and oxygen atoms in total. The summed E-state index contributed by atoms with van der Waals surface area (Å²) in [4.78, 5) is 31.0. The summed E-state index contributed by atoms with van der Waals surface area (Å²) in [5.41, 5.74) is 1.19. The van der Waals surface area contributed by atoms with Gasteiger partial charge in [0, 0.05) is 6.07 Å². The van der Waals surface area contributed by atoms with Gasteiger partial charge in [0.2, 0.25) is 0 Å². The van der Waals surface area contributed by atoms with E-state index in [4.69, 9.17) is 24.3 Å². The molecule has 0 aliphatic carbocycles. The average Bonchev–Trinajstić information content (AvgIpc) is 2.38. The van der Waals surface area contributed by atoms with Gasteiger partial charge in [-0.1, -0.05) is 23.8 Å². The molecule has 0 heterocycles. The van der Waals surface area contributed by atoms with Crippen LogP contribution in [0, 0.1) is 6.92 Å². The minimum Gasteiger partial charge on any atom is -0.508 e. The van der Waals surface area contributed by atoms with Crippen molar-refractivity contribution in [1.29, 1.82) is 0 Å². The lowest BCUT2D eigenvalue weighted by Crippen LogP contribution is -1.84. The number of ether oxygens (including phenoxy) is 1. The van der Waals surface area contributed by atoms with Gasteiger partial charge in [0.05, 0.1) is 0 Å². The van der Waals surface area contributed by atoms with E-state index in [1.54, 1.807) is 24.3 Å². The van der Waals surface area contributed by atoms with Crippen LogP contribution in [0.2, 0.25) is 0 Å². The molecule has 2 rings (SSSR count). The number of hydrogen-bond donors (Lipinski definition) is 5. The molecule has 0 unspecified atom stereocenters. The minimum absolute atomic E-state index is 0.208. The Morgan fingerprint density at radius 3 is 1.79 bits per heavy atom. The van der Waals surface area contributed by atoms with E-state index in [2.05, 4.69) is 4.31 Å². The maximum atomic E-state index is 9.63. The number of phenols is 1. The first-order valence-corrected chi connectivity index (χ1v) is 9.37. The molecule has 0 aliphatic heterocycles. The first-order valence-electron chi connectivity index (χ1n) is 6.30. The zero-order valence-corrected chi connectivity index (χ0v) is 14.2. The van der Waals surface area contributed by atoms with Crippen LogP contribution in [0.4, 0.5) is 0 Å². The van der Waals surface area contributed by atoms with E-state index >= 15 is 0 Å². The lowest BCUT2D eigenvalue weighted by Gasteiger charge is -2.05. The van der Waals surface area contributed by atoms with Gasteiger partial charge in [-0.25, -0.2) is 9.13 Å². The van der Waals surface area contributed by atoms with Gasteiger partial charge < -0.3 is 29.4 Å². The summed E-state index contributed by atoms with van der Waals surface area (Å²) in [6.45, 7) is 2.03. The highest BCUT2D eigenvalue weighted by molar-refractivity contribution is 7.60. The first kappa shape index (κ1) is 20.3. The van der Waals surface area contributed by atoms with Gasteiger partial charge in [-0.2, -0.15) is 4.31 Å². The summed E-state index contributed by atoms with van der Waals surface area (Å²) in [6.07, 6.45) is 0. The van der Waals surface area contributed by atoms with Crippen molar-refractivity contribution in [2.75, 3.05) is 0 Å². The van der Waals surface area contributed by atoms with Crippen molar-refractivity contribution < 1.29 is 42.9 Å². The Labute approximate surface area is 137 Å². The SMILES string of the molecule is Cc1ccc(Oc2cccc(O)c2)cc1.O=P(O)(O)OP(=O)(O)O. The summed E-state index contributed by atoms with van der Waals surface area (Å²) in [7, 11) is -10.1. The van der Waals surface area contributed by atoms with Crippen molar-refractivity contribution in [3.8, 4) is 17.2 Å². The van der Waals surface area contributed by atoms with Crippen molar-refractivity contribution in [3.63, 3.8) is 0 Å². The first-order chi connectivity index (χ1) is 10.9. The molecule has 2 aromatic rings. The molecule has 0 spiro atoms. The van der Waals surface area contributed by atoms with Crippen LogP contribution >= 0.6 is 15.6 Å². The zero-order chi connectivity index (χ0) is 18.4. The van der Waals surface area contributed by atoms with Crippen molar-refractivity contribution in [1.82, 2.24) is 0 Å². The standard InChI is InChI=1S/C13H12O2.H4O7P2/c1-10-5-7-12(8-6-10)15-13-4-2-3-11(14)9-13;1-8(2,3)7-9(4,5)6/h2-9,14H,1H3;(H2,1,2,3)(H2,4,5,6). The maximum Gasteiger partial charge on any atom is 0.478 e. The summed E-state index contributed by atoms with van der Waals surface area (Å²) in [6, 6.07) is 14.5. The molecule has 132 valence electrons. The van der Waals surface area contributed by atoms with Crippen molar-refractivity contribution in [2.45, 2.75) is 6.92 Å². The summed E-state index contributed by atoms with van der Waals surface area (Å²) >= 11 is 0. The Kier molecular flexibility index (Phi) is 7.13. The maximum absolute atomic E-state index is 9.63. The lowest BCUT2D eigenvalue weighted by atomic mass is 10.2. The fourth-order valence-electron chi connectivity index (χ4n) is 1.43.